The predicted octanol–water partition coefficient (Wildman–Crippen LogP) is 2.79. The number of rotatable bonds is 11. The van der Waals surface area contributed by atoms with Crippen LogP contribution in [0.3, 0.4) is 0 Å². The van der Waals surface area contributed by atoms with Crippen molar-refractivity contribution in [2.45, 2.75) is 13.5 Å². The second kappa shape index (κ2) is 10.9. The molecule has 1 atom stereocenters. The Morgan fingerprint density at radius 3 is 2.03 bits per heavy atom. The molecule has 12 nitrogen and oxygen atoms in total. The first-order valence-corrected chi connectivity index (χ1v) is 10.7. The number of carbonyl (C=O) groups excluding carboxylic acids is 2. The van der Waals surface area contributed by atoms with E-state index in [1.165, 1.54) is 24.3 Å². The molecule has 0 aromatic heterocycles. The van der Waals surface area contributed by atoms with Gasteiger partial charge in [0.25, 0.3) is 0 Å². The van der Waals surface area contributed by atoms with E-state index in [0.29, 0.717) is 5.56 Å². The molecule has 30 heavy (non-hydrogen) atoms. The monoisotopic (exact) mass is 462 g/mol. The van der Waals surface area contributed by atoms with E-state index >= 15 is 0 Å². The third kappa shape index (κ3) is 8.39. The minimum absolute atomic E-state index is 0.0173. The molecule has 0 aliphatic rings. The normalized spacial score (nSPS) is 13.2. The van der Waals surface area contributed by atoms with E-state index in [2.05, 4.69) is 32.3 Å². The molecule has 1 unspecified atom stereocenters. The van der Waals surface area contributed by atoms with Crippen LogP contribution in [0, 0.1) is 0 Å². The summed E-state index contributed by atoms with van der Waals surface area (Å²) in [7, 11) is -10.1. The lowest BCUT2D eigenvalue weighted by Crippen LogP contribution is -2.13. The quantitative estimate of drug-likeness (QED) is 0.274. The fraction of sp³-hybridized carbons (Fsp3) is 0.125. The molecule has 0 radical (unpaired) electrons. The lowest BCUT2D eigenvalue weighted by molar-refractivity contribution is -0.274. The van der Waals surface area contributed by atoms with Gasteiger partial charge < -0.3 is 0 Å². The molecule has 14 heteroatoms. The van der Waals surface area contributed by atoms with Crippen LogP contribution in [0.5, 0.6) is 0 Å². The van der Waals surface area contributed by atoms with E-state index < -0.39 is 36.8 Å². The van der Waals surface area contributed by atoms with Gasteiger partial charge in [0, 0.05) is 6.92 Å². The first-order chi connectivity index (χ1) is 14.2. The molecule has 0 aliphatic carbocycles. The maximum Gasteiger partial charge on any atom is 0.576 e. The van der Waals surface area contributed by atoms with Gasteiger partial charge in [-0.1, -0.05) is 62.2 Å². The fourth-order valence-electron chi connectivity index (χ4n) is 1.65. The molecule has 2 aromatic rings. The summed E-state index contributed by atoms with van der Waals surface area (Å²) in [6, 6.07) is 15.4. The Balaban J connectivity index is 1.97. The second-order valence-electron chi connectivity index (χ2n) is 5.21. The Kier molecular flexibility index (Phi) is 8.62. The third-order valence-corrected chi connectivity index (χ3v) is 4.39. The third-order valence-electron chi connectivity index (χ3n) is 2.88. The van der Waals surface area contributed by atoms with Crippen LogP contribution in [0.2, 0.25) is 0 Å². The summed E-state index contributed by atoms with van der Waals surface area (Å²) in [5.74, 6) is -2.26. The van der Waals surface area contributed by atoms with Gasteiger partial charge in [0.05, 0.1) is 12.2 Å². The molecule has 0 fully saturated rings. The van der Waals surface area contributed by atoms with Crippen molar-refractivity contribution in [2.75, 3.05) is 0 Å². The smallest absolute Gasteiger partial charge is 0.288 e. The highest BCUT2D eigenvalue weighted by Crippen LogP contribution is 2.50. The Morgan fingerprint density at radius 2 is 1.43 bits per heavy atom. The van der Waals surface area contributed by atoms with Gasteiger partial charge in [-0.25, -0.2) is 18.3 Å². The lowest BCUT2D eigenvalue weighted by atomic mass is 10.2. The number of hydrogen-bond acceptors (Lipinski definition) is 12. The molecule has 0 amide bonds. The Labute approximate surface area is 170 Å². The van der Waals surface area contributed by atoms with E-state index in [1.807, 2.05) is 0 Å². The van der Waals surface area contributed by atoms with Gasteiger partial charge in [-0.2, -0.15) is 8.42 Å². The van der Waals surface area contributed by atoms with E-state index in [4.69, 9.17) is 0 Å². The zero-order valence-electron chi connectivity index (χ0n) is 15.2. The standard InChI is InChI=1S/C16H15O12PS/c1-13(17)23-25-29(19,26-24-16(18)15-10-6-3-7-11-15)27-28-30(20,21)22-12-14-8-4-2-5-9-14/h2-11H,12H2,1H3. The zero-order chi connectivity index (χ0) is 22.0. The number of hydrogen-bond donors (Lipinski definition) is 0. The van der Waals surface area contributed by atoms with Crippen molar-refractivity contribution in [3.8, 4) is 0 Å². The van der Waals surface area contributed by atoms with Crippen molar-refractivity contribution in [3.63, 3.8) is 0 Å². The summed E-state index contributed by atoms with van der Waals surface area (Å²) < 4.78 is 56.6. The summed E-state index contributed by atoms with van der Waals surface area (Å²) in [6.45, 7) is 0.423. The molecule has 2 aromatic carbocycles. The average Bonchev–Trinajstić information content (AvgIpc) is 2.75. The number of carbonyl (C=O) groups is 2. The van der Waals surface area contributed by atoms with E-state index in [9.17, 15) is 22.6 Å². The van der Waals surface area contributed by atoms with Crippen molar-refractivity contribution in [3.05, 3.63) is 71.8 Å². The van der Waals surface area contributed by atoms with Crippen molar-refractivity contribution in [1.82, 2.24) is 0 Å². The molecule has 0 saturated heterocycles. The van der Waals surface area contributed by atoms with Gasteiger partial charge in [0.1, 0.15) is 0 Å². The highest BCUT2D eigenvalue weighted by molar-refractivity contribution is 7.81. The second-order valence-corrected chi connectivity index (χ2v) is 7.74. The molecular weight excluding hydrogens is 447 g/mol. The van der Waals surface area contributed by atoms with Crippen molar-refractivity contribution >= 4 is 30.2 Å². The minimum atomic E-state index is -5.21. The van der Waals surface area contributed by atoms with E-state index in [1.54, 1.807) is 36.4 Å². The summed E-state index contributed by atoms with van der Waals surface area (Å²) in [5, 5.41) is 0. The average molecular weight is 462 g/mol. The molecule has 0 spiro atoms. The highest BCUT2D eigenvalue weighted by atomic mass is 32.3. The van der Waals surface area contributed by atoms with Crippen LogP contribution in [0.1, 0.15) is 22.8 Å². The topological polar surface area (TPSA) is 150 Å². The number of benzene rings is 2. The first-order valence-electron chi connectivity index (χ1n) is 7.93. The van der Waals surface area contributed by atoms with Gasteiger partial charge >= 0.3 is 30.2 Å². The van der Waals surface area contributed by atoms with Gasteiger partial charge in [-0.15, -0.1) is 4.67 Å². The van der Waals surface area contributed by atoms with Crippen LogP contribution < -0.4 is 0 Å². The largest absolute Gasteiger partial charge is 0.576 e. The summed E-state index contributed by atoms with van der Waals surface area (Å²) in [5.41, 5.74) is 0.452. The molecule has 0 bridgehead atoms. The Morgan fingerprint density at radius 1 is 0.867 bits per heavy atom. The zero-order valence-corrected chi connectivity index (χ0v) is 16.9. The van der Waals surface area contributed by atoms with Crippen LogP contribution in [0.25, 0.3) is 0 Å². The Bertz CT molecular complexity index is 993. The van der Waals surface area contributed by atoms with Gasteiger partial charge in [-0.3, -0.25) is 9.78 Å². The summed E-state index contributed by atoms with van der Waals surface area (Å²) in [6.07, 6.45) is 0. The van der Waals surface area contributed by atoms with Crippen LogP contribution in [-0.2, 0) is 58.7 Å². The van der Waals surface area contributed by atoms with Crippen LogP contribution >= 0.6 is 7.82 Å². The predicted molar refractivity (Wildman–Crippen MR) is 95.7 cm³/mol. The fourth-order valence-corrected chi connectivity index (χ4v) is 2.99. The molecule has 2 rings (SSSR count). The maximum absolute atomic E-state index is 12.3. The van der Waals surface area contributed by atoms with Crippen LogP contribution in [0.4, 0.5) is 0 Å². The van der Waals surface area contributed by atoms with Crippen LogP contribution in [0.15, 0.2) is 60.7 Å². The summed E-state index contributed by atoms with van der Waals surface area (Å²) >= 11 is 0. The van der Waals surface area contributed by atoms with E-state index in [-0.39, 0.29) is 5.56 Å². The molecular formula is C16H15O12PS. The van der Waals surface area contributed by atoms with E-state index in [0.717, 1.165) is 6.92 Å². The Hall–Kier alpha value is -2.64. The SMILES string of the molecule is CC(=O)OOP(=O)(OOC(=O)c1ccccc1)OOS(=O)(=O)OCc1ccccc1. The highest BCUT2D eigenvalue weighted by Gasteiger charge is 2.38. The minimum Gasteiger partial charge on any atom is -0.288 e. The number of phosphoric acid groups is 1. The van der Waals surface area contributed by atoms with Gasteiger partial charge in [0.15, 0.2) is 0 Å². The van der Waals surface area contributed by atoms with Gasteiger partial charge in [-0.05, 0) is 17.7 Å². The summed E-state index contributed by atoms with van der Waals surface area (Å²) in [4.78, 5) is 30.9. The lowest BCUT2D eigenvalue weighted by Gasteiger charge is -2.13. The molecule has 0 N–H and O–H groups in total. The molecule has 162 valence electrons. The molecule has 0 saturated carbocycles. The molecule has 0 aliphatic heterocycles. The maximum atomic E-state index is 12.3. The molecule has 0 heterocycles. The van der Waals surface area contributed by atoms with Crippen LogP contribution in [-0.4, -0.2) is 20.4 Å². The first kappa shape index (κ1) is 23.6. The van der Waals surface area contributed by atoms with Crippen molar-refractivity contribution < 1.29 is 54.9 Å². The van der Waals surface area contributed by atoms with Gasteiger partial charge in [0.2, 0.25) is 0 Å². The van der Waals surface area contributed by atoms with Crippen molar-refractivity contribution in [2.24, 2.45) is 0 Å². The van der Waals surface area contributed by atoms with Crippen molar-refractivity contribution in [1.29, 1.82) is 0 Å².